The third-order valence-electron chi connectivity index (χ3n) is 5.57. The number of aryl methyl sites for hydroxylation is 2. The number of likely N-dealkylation sites (tertiary alicyclic amines) is 1. The molecule has 0 radical (unpaired) electrons. The van der Waals surface area contributed by atoms with Crippen LogP contribution in [0.5, 0.6) is 0 Å². The number of amides is 1. The molecule has 0 saturated carbocycles. The number of imidazole rings is 1. The molecule has 28 heavy (non-hydrogen) atoms. The van der Waals surface area contributed by atoms with Gasteiger partial charge in [0.25, 0.3) is 0 Å². The smallest absolute Gasteiger partial charge is 0.329 e. The first-order chi connectivity index (χ1) is 13.2. The van der Waals surface area contributed by atoms with Gasteiger partial charge in [0.1, 0.15) is 0 Å². The Balaban J connectivity index is 0.00000280. The van der Waals surface area contributed by atoms with Crippen molar-refractivity contribution in [2.24, 2.45) is 5.92 Å². The molecule has 1 amide bonds. The summed E-state index contributed by atoms with van der Waals surface area (Å²) < 4.78 is 3.59. The first-order valence-corrected chi connectivity index (χ1v) is 10.3. The highest BCUT2D eigenvalue weighted by Crippen LogP contribution is 2.18. The van der Waals surface area contributed by atoms with Crippen LogP contribution in [0.15, 0.2) is 29.1 Å². The van der Waals surface area contributed by atoms with E-state index >= 15 is 0 Å². The highest BCUT2D eigenvalue weighted by atomic mass is 35.5. The minimum absolute atomic E-state index is 0. The van der Waals surface area contributed by atoms with E-state index in [1.54, 1.807) is 4.57 Å². The summed E-state index contributed by atoms with van der Waals surface area (Å²) in [6.07, 6.45) is 3.43. The van der Waals surface area contributed by atoms with Crippen molar-refractivity contribution in [3.8, 4) is 0 Å². The fourth-order valence-electron chi connectivity index (χ4n) is 4.03. The molecule has 2 aromatic rings. The van der Waals surface area contributed by atoms with Crippen molar-refractivity contribution in [3.05, 3.63) is 34.7 Å². The van der Waals surface area contributed by atoms with Crippen molar-refractivity contribution >= 4 is 29.3 Å². The molecule has 7 heteroatoms. The first kappa shape index (κ1) is 22.5. The van der Waals surface area contributed by atoms with Gasteiger partial charge in [-0.1, -0.05) is 26.0 Å². The summed E-state index contributed by atoms with van der Waals surface area (Å²) >= 11 is 0. The molecule has 1 aromatic carbocycles. The Morgan fingerprint density at radius 2 is 1.68 bits per heavy atom. The summed E-state index contributed by atoms with van der Waals surface area (Å²) in [7, 11) is 0. The van der Waals surface area contributed by atoms with Gasteiger partial charge in [0, 0.05) is 32.6 Å². The molecule has 1 fully saturated rings. The van der Waals surface area contributed by atoms with Crippen molar-refractivity contribution in [3.63, 3.8) is 0 Å². The zero-order valence-corrected chi connectivity index (χ0v) is 17.8. The topological polar surface area (TPSA) is 59.3 Å². The predicted octanol–water partition coefficient (Wildman–Crippen LogP) is 2.87. The molecule has 6 nitrogen and oxygen atoms in total. The molecule has 1 saturated heterocycles. The number of carbonyl (C=O) groups is 1. The average molecular weight is 409 g/mol. The van der Waals surface area contributed by atoms with Crippen LogP contribution in [-0.4, -0.2) is 46.1 Å². The van der Waals surface area contributed by atoms with E-state index in [9.17, 15) is 9.59 Å². The van der Waals surface area contributed by atoms with Crippen LogP contribution in [-0.2, 0) is 17.9 Å². The van der Waals surface area contributed by atoms with Gasteiger partial charge in [-0.2, -0.15) is 0 Å². The highest BCUT2D eigenvalue weighted by Gasteiger charge is 2.23. The summed E-state index contributed by atoms with van der Waals surface area (Å²) in [5, 5.41) is 3.40. The monoisotopic (exact) mass is 408 g/mol. The van der Waals surface area contributed by atoms with Crippen molar-refractivity contribution in [1.29, 1.82) is 0 Å². The maximum Gasteiger partial charge on any atom is 0.329 e. The van der Waals surface area contributed by atoms with Crippen LogP contribution in [0.2, 0.25) is 0 Å². The fraction of sp³-hybridized carbons (Fsp3) is 0.619. The van der Waals surface area contributed by atoms with Gasteiger partial charge in [-0.25, -0.2) is 4.79 Å². The molecule has 3 rings (SSSR count). The summed E-state index contributed by atoms with van der Waals surface area (Å²) in [4.78, 5) is 27.4. The van der Waals surface area contributed by atoms with Crippen LogP contribution < -0.4 is 11.0 Å². The molecule has 1 aliphatic heterocycles. The fourth-order valence-corrected chi connectivity index (χ4v) is 4.03. The maximum absolute atomic E-state index is 12.8. The van der Waals surface area contributed by atoms with E-state index in [4.69, 9.17) is 0 Å². The lowest BCUT2D eigenvalue weighted by Gasteiger charge is -2.32. The lowest BCUT2D eigenvalue weighted by Crippen LogP contribution is -2.41. The molecular weight excluding hydrogens is 376 g/mol. The second kappa shape index (κ2) is 10.7. The quantitative estimate of drug-likeness (QED) is 0.730. The Kier molecular flexibility index (Phi) is 8.58. The van der Waals surface area contributed by atoms with Crippen LogP contribution >= 0.6 is 12.4 Å². The summed E-state index contributed by atoms with van der Waals surface area (Å²) in [5.74, 6) is 0.833. The van der Waals surface area contributed by atoms with E-state index in [0.717, 1.165) is 56.5 Å². The number of aromatic nitrogens is 2. The van der Waals surface area contributed by atoms with E-state index in [1.807, 2.05) is 33.7 Å². The van der Waals surface area contributed by atoms with Gasteiger partial charge in [-0.15, -0.1) is 12.4 Å². The van der Waals surface area contributed by atoms with Gasteiger partial charge in [0.15, 0.2) is 0 Å². The van der Waals surface area contributed by atoms with Crippen LogP contribution in [0.3, 0.4) is 0 Å². The number of hydrogen-bond acceptors (Lipinski definition) is 3. The Labute approximate surface area is 173 Å². The number of nitrogens with zero attached hydrogens (tertiary/aromatic N) is 3. The molecular formula is C21H33ClN4O2. The van der Waals surface area contributed by atoms with Crippen molar-refractivity contribution < 1.29 is 4.79 Å². The second-order valence-electron chi connectivity index (χ2n) is 7.46. The number of fused-ring (bicyclic) bond motifs is 1. The van der Waals surface area contributed by atoms with Crippen LogP contribution in [0.25, 0.3) is 11.0 Å². The first-order valence-electron chi connectivity index (χ1n) is 10.3. The Hall–Kier alpha value is -1.79. The van der Waals surface area contributed by atoms with Crippen LogP contribution in [0, 0.1) is 5.92 Å². The number of rotatable bonds is 8. The number of nitrogens with one attached hydrogen (secondary N) is 1. The third-order valence-corrected chi connectivity index (χ3v) is 5.57. The molecule has 0 bridgehead atoms. The number of piperidine rings is 1. The van der Waals surface area contributed by atoms with Gasteiger partial charge in [-0.3, -0.25) is 13.9 Å². The van der Waals surface area contributed by atoms with E-state index in [2.05, 4.69) is 19.2 Å². The molecule has 156 valence electrons. The van der Waals surface area contributed by atoms with Gasteiger partial charge >= 0.3 is 5.69 Å². The minimum atomic E-state index is -0.00445. The molecule has 0 unspecified atom stereocenters. The molecule has 0 atom stereocenters. The maximum atomic E-state index is 12.8. The SMILES string of the molecule is CCCn1c(=O)n(CCC(=O)N2CCC(CNCC)CC2)c2ccccc21.Cl. The van der Waals surface area contributed by atoms with Gasteiger partial charge in [0.05, 0.1) is 11.0 Å². The summed E-state index contributed by atoms with van der Waals surface area (Å²) in [6.45, 7) is 9.07. The third kappa shape index (κ3) is 4.97. The van der Waals surface area contributed by atoms with Crippen molar-refractivity contribution in [2.75, 3.05) is 26.2 Å². The van der Waals surface area contributed by atoms with Crippen LogP contribution in [0.1, 0.15) is 39.5 Å². The van der Waals surface area contributed by atoms with Gasteiger partial charge in [-0.05, 0) is 50.4 Å². The standard InChI is InChI=1S/C21H32N4O2.ClH/c1-3-12-24-18-7-5-6-8-19(18)25(21(24)27)15-11-20(26)23-13-9-17(10-14-23)16-22-4-2;/h5-8,17,22H,3-4,9-16H2,1-2H3;1H. The number of carbonyl (C=O) groups excluding carboxylic acids is 1. The van der Waals surface area contributed by atoms with E-state index < -0.39 is 0 Å². The van der Waals surface area contributed by atoms with E-state index in [-0.39, 0.29) is 24.0 Å². The largest absolute Gasteiger partial charge is 0.343 e. The Bertz CT molecular complexity index is 821. The molecule has 0 spiro atoms. The minimum Gasteiger partial charge on any atom is -0.343 e. The molecule has 1 aliphatic rings. The molecule has 1 N–H and O–H groups in total. The van der Waals surface area contributed by atoms with Gasteiger partial charge < -0.3 is 10.2 Å². The number of halogens is 1. The average Bonchev–Trinajstić information content (AvgIpc) is 2.96. The second-order valence-corrected chi connectivity index (χ2v) is 7.46. The zero-order valence-electron chi connectivity index (χ0n) is 17.0. The highest BCUT2D eigenvalue weighted by molar-refractivity contribution is 5.85. The van der Waals surface area contributed by atoms with Crippen molar-refractivity contribution in [1.82, 2.24) is 19.4 Å². The van der Waals surface area contributed by atoms with Crippen LogP contribution in [0.4, 0.5) is 0 Å². The summed E-state index contributed by atoms with van der Waals surface area (Å²) in [6, 6.07) is 7.87. The Morgan fingerprint density at radius 1 is 1.07 bits per heavy atom. The lowest BCUT2D eigenvalue weighted by molar-refractivity contribution is -0.132. The van der Waals surface area contributed by atoms with Crippen molar-refractivity contribution in [2.45, 2.75) is 52.6 Å². The Morgan fingerprint density at radius 3 is 2.25 bits per heavy atom. The predicted molar refractivity (Wildman–Crippen MR) is 116 cm³/mol. The number of para-hydroxylation sites is 2. The number of hydrogen-bond donors (Lipinski definition) is 1. The van der Waals surface area contributed by atoms with E-state index in [1.165, 1.54) is 0 Å². The summed E-state index contributed by atoms with van der Waals surface area (Å²) in [5.41, 5.74) is 1.88. The lowest BCUT2D eigenvalue weighted by atomic mass is 9.96. The molecule has 1 aromatic heterocycles. The molecule has 0 aliphatic carbocycles. The zero-order chi connectivity index (χ0) is 19.2. The normalized spacial score (nSPS) is 15.0. The molecule has 2 heterocycles. The number of benzene rings is 1. The van der Waals surface area contributed by atoms with Gasteiger partial charge in [0.2, 0.25) is 5.91 Å². The van der Waals surface area contributed by atoms with E-state index in [0.29, 0.717) is 25.4 Å².